The van der Waals surface area contributed by atoms with E-state index in [0.717, 1.165) is 43.0 Å². The monoisotopic (exact) mass is 493 g/mol. The third kappa shape index (κ3) is 4.89. The van der Waals surface area contributed by atoms with Crippen molar-refractivity contribution in [3.05, 3.63) is 47.0 Å². The molecule has 1 saturated heterocycles. The molecule has 0 bridgehead atoms. The molecule has 7 nitrogen and oxygen atoms in total. The Balaban J connectivity index is 1.53. The lowest BCUT2D eigenvalue weighted by Crippen LogP contribution is -2.45. The molecule has 2 aromatic carbocycles. The fraction of sp³-hybridized carbons (Fsp3) is 0.364. The van der Waals surface area contributed by atoms with E-state index in [2.05, 4.69) is 10.0 Å². The quantitative estimate of drug-likeness (QED) is 0.620. The molecule has 0 spiro atoms. The Hall–Kier alpha value is -2.23. The highest BCUT2D eigenvalue weighted by atomic mass is 35.5. The van der Waals surface area contributed by atoms with Gasteiger partial charge in [0.2, 0.25) is 11.8 Å². The number of sulfonamides is 1. The third-order valence-electron chi connectivity index (χ3n) is 5.51. The van der Waals surface area contributed by atoms with Crippen LogP contribution in [0.2, 0.25) is 5.02 Å². The molecule has 0 aromatic heterocycles. The van der Waals surface area contributed by atoms with Crippen molar-refractivity contribution >= 4 is 56.6 Å². The van der Waals surface area contributed by atoms with Gasteiger partial charge in [-0.05, 0) is 55.7 Å². The molecule has 2 aliphatic heterocycles. The Morgan fingerprint density at radius 3 is 2.53 bits per heavy atom. The summed E-state index contributed by atoms with van der Waals surface area (Å²) in [5.41, 5.74) is 1.56. The zero-order chi connectivity index (χ0) is 22.9. The first-order chi connectivity index (χ1) is 15.2. The number of amides is 2. The number of nitrogens with one attached hydrogen (secondary N) is 2. The van der Waals surface area contributed by atoms with Gasteiger partial charge in [0.15, 0.2) is 5.25 Å². The molecule has 10 heteroatoms. The SMILES string of the molecule is Cc1ccc(NS(=O)(=O)c2ccc3c(c2)NC(=O)C(C(=O)N2CCCCCC2)S3)c(Cl)c1. The van der Waals surface area contributed by atoms with Crippen LogP contribution in [0.15, 0.2) is 46.2 Å². The molecule has 2 N–H and O–H groups in total. The number of carbonyl (C=O) groups is 2. The fourth-order valence-electron chi connectivity index (χ4n) is 3.78. The van der Waals surface area contributed by atoms with Gasteiger partial charge in [0.05, 0.1) is 21.3 Å². The number of hydrogen-bond acceptors (Lipinski definition) is 5. The number of fused-ring (bicyclic) bond motifs is 1. The molecule has 2 aliphatic rings. The van der Waals surface area contributed by atoms with E-state index >= 15 is 0 Å². The number of halogens is 1. The Morgan fingerprint density at radius 1 is 1.12 bits per heavy atom. The summed E-state index contributed by atoms with van der Waals surface area (Å²) in [6.07, 6.45) is 4.08. The van der Waals surface area contributed by atoms with Crippen LogP contribution in [-0.4, -0.2) is 43.5 Å². The standard InChI is InChI=1S/C22H24ClN3O4S2/c1-14-6-8-17(16(23)12-14)25-32(29,30)15-7-9-19-18(13-15)24-21(27)20(31-19)22(28)26-10-4-2-3-5-11-26/h6-9,12-13,20,25H,2-5,10-11H2,1H3,(H,24,27). The van der Waals surface area contributed by atoms with Crippen LogP contribution in [0.1, 0.15) is 31.2 Å². The van der Waals surface area contributed by atoms with Gasteiger partial charge in [-0.1, -0.05) is 30.5 Å². The van der Waals surface area contributed by atoms with Gasteiger partial charge in [-0.3, -0.25) is 14.3 Å². The summed E-state index contributed by atoms with van der Waals surface area (Å²) < 4.78 is 28.2. The zero-order valence-electron chi connectivity index (χ0n) is 17.6. The number of thioether (sulfide) groups is 1. The highest BCUT2D eigenvalue weighted by Gasteiger charge is 2.36. The van der Waals surface area contributed by atoms with E-state index in [9.17, 15) is 18.0 Å². The van der Waals surface area contributed by atoms with Gasteiger partial charge in [-0.25, -0.2) is 8.42 Å². The van der Waals surface area contributed by atoms with Crippen LogP contribution >= 0.6 is 23.4 Å². The molecular weight excluding hydrogens is 470 g/mol. The van der Waals surface area contributed by atoms with Crippen molar-refractivity contribution in [1.82, 2.24) is 4.90 Å². The number of hydrogen-bond donors (Lipinski definition) is 2. The van der Waals surface area contributed by atoms with Crippen molar-refractivity contribution in [3.8, 4) is 0 Å². The maximum atomic E-state index is 12.9. The summed E-state index contributed by atoms with van der Waals surface area (Å²) in [6, 6.07) is 9.51. The maximum Gasteiger partial charge on any atom is 0.262 e. The normalized spacial score (nSPS) is 19.0. The van der Waals surface area contributed by atoms with Crippen LogP contribution in [0.3, 0.4) is 0 Å². The van der Waals surface area contributed by atoms with E-state index in [-0.39, 0.29) is 16.5 Å². The molecule has 0 saturated carbocycles. The second-order valence-corrected chi connectivity index (χ2v) is 11.2. The molecule has 32 heavy (non-hydrogen) atoms. The second-order valence-electron chi connectivity index (χ2n) is 7.97. The molecule has 1 atom stereocenters. The van der Waals surface area contributed by atoms with Gasteiger partial charge in [0.1, 0.15) is 0 Å². The first kappa shape index (κ1) is 22.9. The van der Waals surface area contributed by atoms with Crippen molar-refractivity contribution < 1.29 is 18.0 Å². The topological polar surface area (TPSA) is 95.6 Å². The summed E-state index contributed by atoms with van der Waals surface area (Å²) in [5.74, 6) is -0.617. The lowest BCUT2D eigenvalue weighted by atomic mass is 10.2. The van der Waals surface area contributed by atoms with Gasteiger partial charge in [-0.15, -0.1) is 11.8 Å². The largest absolute Gasteiger partial charge is 0.341 e. The molecule has 2 amide bonds. The molecule has 1 unspecified atom stereocenters. The Kier molecular flexibility index (Phi) is 6.69. The predicted octanol–water partition coefficient (Wildman–Crippen LogP) is 4.26. The molecule has 4 rings (SSSR count). The molecular formula is C22H24ClN3O4S2. The van der Waals surface area contributed by atoms with Crippen molar-refractivity contribution in [2.45, 2.75) is 47.6 Å². The van der Waals surface area contributed by atoms with E-state index in [0.29, 0.717) is 28.7 Å². The maximum absolute atomic E-state index is 12.9. The lowest BCUT2D eigenvalue weighted by Gasteiger charge is -2.28. The summed E-state index contributed by atoms with van der Waals surface area (Å²) in [5, 5.41) is 2.14. The van der Waals surface area contributed by atoms with Crippen LogP contribution in [-0.2, 0) is 19.6 Å². The molecule has 2 heterocycles. The van der Waals surface area contributed by atoms with Crippen LogP contribution in [0.25, 0.3) is 0 Å². The Bertz CT molecular complexity index is 1160. The fourth-order valence-corrected chi connectivity index (χ4v) is 6.28. The van der Waals surface area contributed by atoms with Crippen LogP contribution in [0, 0.1) is 6.92 Å². The van der Waals surface area contributed by atoms with Gasteiger partial charge >= 0.3 is 0 Å². The molecule has 170 valence electrons. The van der Waals surface area contributed by atoms with Crippen molar-refractivity contribution in [2.75, 3.05) is 23.1 Å². The molecule has 0 aliphatic carbocycles. The number of benzene rings is 2. The lowest BCUT2D eigenvalue weighted by molar-refractivity contribution is -0.133. The highest BCUT2D eigenvalue weighted by molar-refractivity contribution is 8.01. The number of rotatable bonds is 4. The summed E-state index contributed by atoms with van der Waals surface area (Å²) in [4.78, 5) is 28.0. The molecule has 1 fully saturated rings. The van der Waals surface area contributed by atoms with Crippen LogP contribution in [0.5, 0.6) is 0 Å². The minimum absolute atomic E-state index is 0.00825. The van der Waals surface area contributed by atoms with Gasteiger partial charge in [-0.2, -0.15) is 0 Å². The number of nitrogens with zero attached hydrogens (tertiary/aromatic N) is 1. The summed E-state index contributed by atoms with van der Waals surface area (Å²) in [7, 11) is -3.92. The highest BCUT2D eigenvalue weighted by Crippen LogP contribution is 2.38. The van der Waals surface area contributed by atoms with Crippen molar-refractivity contribution in [1.29, 1.82) is 0 Å². The van der Waals surface area contributed by atoms with Gasteiger partial charge < -0.3 is 10.2 Å². The minimum atomic E-state index is -3.92. The summed E-state index contributed by atoms with van der Waals surface area (Å²) >= 11 is 7.32. The number of aryl methyl sites for hydroxylation is 1. The van der Waals surface area contributed by atoms with Crippen molar-refractivity contribution in [3.63, 3.8) is 0 Å². The Morgan fingerprint density at radius 2 is 1.84 bits per heavy atom. The second kappa shape index (κ2) is 9.33. The third-order valence-corrected chi connectivity index (χ3v) is 8.45. The van der Waals surface area contributed by atoms with E-state index < -0.39 is 21.2 Å². The van der Waals surface area contributed by atoms with E-state index in [4.69, 9.17) is 11.6 Å². The van der Waals surface area contributed by atoms with E-state index in [1.807, 2.05) is 6.92 Å². The number of carbonyl (C=O) groups excluding carboxylic acids is 2. The number of anilines is 2. The van der Waals surface area contributed by atoms with Crippen LogP contribution in [0.4, 0.5) is 11.4 Å². The van der Waals surface area contributed by atoms with Crippen molar-refractivity contribution in [2.24, 2.45) is 0 Å². The molecule has 0 radical (unpaired) electrons. The average molecular weight is 494 g/mol. The van der Waals surface area contributed by atoms with Crippen LogP contribution < -0.4 is 10.0 Å². The van der Waals surface area contributed by atoms with Gasteiger partial charge in [0, 0.05) is 18.0 Å². The van der Waals surface area contributed by atoms with E-state index in [1.54, 1.807) is 29.2 Å². The average Bonchev–Trinajstić information content (AvgIpc) is 3.04. The Labute approximate surface area is 196 Å². The smallest absolute Gasteiger partial charge is 0.262 e. The predicted molar refractivity (Wildman–Crippen MR) is 127 cm³/mol. The number of likely N-dealkylation sites (tertiary alicyclic amines) is 1. The molecule has 2 aromatic rings. The van der Waals surface area contributed by atoms with Gasteiger partial charge in [0.25, 0.3) is 10.0 Å². The summed E-state index contributed by atoms with van der Waals surface area (Å²) in [6.45, 7) is 3.19. The first-order valence-electron chi connectivity index (χ1n) is 10.4. The van der Waals surface area contributed by atoms with E-state index in [1.165, 1.54) is 12.1 Å². The first-order valence-corrected chi connectivity index (χ1v) is 13.2. The minimum Gasteiger partial charge on any atom is -0.341 e. The zero-order valence-corrected chi connectivity index (χ0v) is 19.9.